The van der Waals surface area contributed by atoms with Crippen LogP contribution in [0, 0.1) is 20.8 Å². The van der Waals surface area contributed by atoms with Gasteiger partial charge in [0.25, 0.3) is 0 Å². The van der Waals surface area contributed by atoms with Gasteiger partial charge < -0.3 is 9.14 Å². The van der Waals surface area contributed by atoms with Crippen LogP contribution in [-0.4, -0.2) is 22.3 Å². The number of methoxy groups -OCH3 is 1. The van der Waals surface area contributed by atoms with Crippen LogP contribution in [0.5, 0.6) is 5.88 Å². The Labute approximate surface area is 100 Å². The summed E-state index contributed by atoms with van der Waals surface area (Å²) in [6, 6.07) is 1.94. The van der Waals surface area contributed by atoms with Crippen LogP contribution in [-0.2, 0) is 0 Å². The molecule has 0 saturated heterocycles. The minimum absolute atomic E-state index is 0.0539. The predicted octanol–water partition coefficient (Wildman–Crippen LogP) is 2.47. The first-order chi connectivity index (χ1) is 7.97. The van der Waals surface area contributed by atoms with Crippen molar-refractivity contribution < 1.29 is 9.53 Å². The van der Waals surface area contributed by atoms with Crippen LogP contribution in [0.1, 0.15) is 34.4 Å². The van der Waals surface area contributed by atoms with Crippen molar-refractivity contribution in [1.29, 1.82) is 0 Å². The number of hydrogen-bond donors (Lipinski definition) is 0. The Morgan fingerprint density at radius 2 is 2.00 bits per heavy atom. The largest absolute Gasteiger partial charge is 0.479 e. The molecule has 90 valence electrons. The SMILES string of the molecule is COc1nc(C)c(C)n2c(C(C)=O)c(C)cc12. The number of aryl methyl sites for hydroxylation is 3. The van der Waals surface area contributed by atoms with E-state index >= 15 is 0 Å². The zero-order valence-electron chi connectivity index (χ0n) is 10.8. The summed E-state index contributed by atoms with van der Waals surface area (Å²) in [6.07, 6.45) is 0. The molecule has 0 saturated carbocycles. The Bertz CT molecular complexity index is 612. The molecule has 2 heterocycles. The standard InChI is InChI=1S/C13H16N2O2/c1-7-6-11-13(17-5)14-8(2)9(3)15(11)12(7)10(4)16/h6H,1-5H3. The smallest absolute Gasteiger partial charge is 0.238 e. The molecule has 4 nitrogen and oxygen atoms in total. The summed E-state index contributed by atoms with van der Waals surface area (Å²) < 4.78 is 7.20. The highest BCUT2D eigenvalue weighted by Gasteiger charge is 2.17. The van der Waals surface area contributed by atoms with Crippen molar-refractivity contribution in [3.05, 3.63) is 28.7 Å². The molecule has 2 rings (SSSR count). The molecule has 0 N–H and O–H groups in total. The highest BCUT2D eigenvalue weighted by Crippen LogP contribution is 2.26. The van der Waals surface area contributed by atoms with Gasteiger partial charge in [-0.3, -0.25) is 4.79 Å². The highest BCUT2D eigenvalue weighted by molar-refractivity contribution is 5.96. The topological polar surface area (TPSA) is 43.6 Å². The summed E-state index contributed by atoms with van der Waals surface area (Å²) in [6.45, 7) is 7.38. The number of fused-ring (bicyclic) bond motifs is 1. The number of carbonyl (C=O) groups excluding carboxylic acids is 1. The zero-order chi connectivity index (χ0) is 12.7. The lowest BCUT2D eigenvalue weighted by Crippen LogP contribution is -2.07. The maximum atomic E-state index is 11.7. The molecule has 0 atom stereocenters. The van der Waals surface area contributed by atoms with Gasteiger partial charge in [-0.2, -0.15) is 0 Å². The minimum Gasteiger partial charge on any atom is -0.479 e. The molecule has 0 aliphatic rings. The van der Waals surface area contributed by atoms with E-state index in [-0.39, 0.29) is 5.78 Å². The van der Waals surface area contributed by atoms with Crippen molar-refractivity contribution >= 4 is 11.3 Å². The van der Waals surface area contributed by atoms with E-state index in [4.69, 9.17) is 4.74 Å². The molecule has 0 amide bonds. The number of rotatable bonds is 2. The third kappa shape index (κ3) is 1.60. The molecule has 2 aromatic heterocycles. The van der Waals surface area contributed by atoms with E-state index in [0.717, 1.165) is 22.5 Å². The molecule has 0 unspecified atom stereocenters. The molecule has 0 fully saturated rings. The van der Waals surface area contributed by atoms with Crippen LogP contribution in [0.4, 0.5) is 0 Å². The maximum Gasteiger partial charge on any atom is 0.238 e. The number of nitrogens with zero attached hydrogens (tertiary/aromatic N) is 2. The number of ether oxygens (including phenoxy) is 1. The first-order valence-electron chi connectivity index (χ1n) is 5.51. The molecule has 0 aromatic carbocycles. The molecular formula is C13H16N2O2. The highest BCUT2D eigenvalue weighted by atomic mass is 16.5. The van der Waals surface area contributed by atoms with Crippen molar-refractivity contribution in [2.24, 2.45) is 0 Å². The van der Waals surface area contributed by atoms with Crippen LogP contribution in [0.2, 0.25) is 0 Å². The number of Topliss-reactive ketones (excluding diaryl/α,β-unsaturated/α-hetero) is 1. The molecule has 0 aliphatic heterocycles. The second-order valence-electron chi connectivity index (χ2n) is 4.24. The Hall–Kier alpha value is -1.84. The first-order valence-corrected chi connectivity index (χ1v) is 5.51. The van der Waals surface area contributed by atoms with Gasteiger partial charge in [0, 0.05) is 12.6 Å². The van der Waals surface area contributed by atoms with Crippen LogP contribution in [0.15, 0.2) is 6.07 Å². The first kappa shape index (κ1) is 11.6. The fourth-order valence-electron chi connectivity index (χ4n) is 2.18. The average molecular weight is 232 g/mol. The van der Waals surface area contributed by atoms with Gasteiger partial charge in [0.05, 0.1) is 18.5 Å². The predicted molar refractivity (Wildman–Crippen MR) is 66.0 cm³/mol. The molecule has 0 bridgehead atoms. The van der Waals surface area contributed by atoms with Gasteiger partial charge in [0.15, 0.2) is 5.78 Å². The molecule has 4 heteroatoms. The van der Waals surface area contributed by atoms with Gasteiger partial charge in [-0.25, -0.2) is 4.98 Å². The number of ketones is 1. The Balaban J connectivity index is 2.99. The average Bonchev–Trinajstić information content (AvgIpc) is 2.61. The van der Waals surface area contributed by atoms with Crippen LogP contribution in [0.3, 0.4) is 0 Å². The van der Waals surface area contributed by atoms with Crippen molar-refractivity contribution in [3.63, 3.8) is 0 Å². The molecule has 2 aromatic rings. The fraction of sp³-hybridized carbons (Fsp3) is 0.385. The van der Waals surface area contributed by atoms with E-state index in [0.29, 0.717) is 11.6 Å². The summed E-state index contributed by atoms with van der Waals surface area (Å²) in [5.41, 5.74) is 4.34. The fourth-order valence-corrected chi connectivity index (χ4v) is 2.18. The maximum absolute atomic E-state index is 11.7. The van der Waals surface area contributed by atoms with E-state index in [1.165, 1.54) is 0 Å². The zero-order valence-corrected chi connectivity index (χ0v) is 10.8. The minimum atomic E-state index is 0.0539. The third-order valence-corrected chi connectivity index (χ3v) is 3.07. The van der Waals surface area contributed by atoms with Crippen molar-refractivity contribution in [2.45, 2.75) is 27.7 Å². The van der Waals surface area contributed by atoms with E-state index in [9.17, 15) is 4.79 Å². The lowest BCUT2D eigenvalue weighted by Gasteiger charge is -2.10. The van der Waals surface area contributed by atoms with Gasteiger partial charge in [-0.15, -0.1) is 0 Å². The van der Waals surface area contributed by atoms with Crippen LogP contribution < -0.4 is 4.74 Å². The molecule has 17 heavy (non-hydrogen) atoms. The summed E-state index contributed by atoms with van der Waals surface area (Å²) in [4.78, 5) is 16.1. The van der Waals surface area contributed by atoms with E-state index in [1.807, 2.05) is 31.2 Å². The Morgan fingerprint density at radius 3 is 2.53 bits per heavy atom. The van der Waals surface area contributed by atoms with Gasteiger partial charge in [0.2, 0.25) is 5.88 Å². The monoisotopic (exact) mass is 232 g/mol. The molecular weight excluding hydrogens is 216 g/mol. The summed E-state index contributed by atoms with van der Waals surface area (Å²) >= 11 is 0. The van der Waals surface area contributed by atoms with E-state index in [2.05, 4.69) is 4.98 Å². The lowest BCUT2D eigenvalue weighted by atomic mass is 10.2. The second kappa shape index (κ2) is 3.87. The van der Waals surface area contributed by atoms with Gasteiger partial charge >= 0.3 is 0 Å². The van der Waals surface area contributed by atoms with Gasteiger partial charge in [-0.05, 0) is 32.4 Å². The van der Waals surface area contributed by atoms with Gasteiger partial charge in [-0.1, -0.05) is 0 Å². The summed E-state index contributed by atoms with van der Waals surface area (Å²) in [5.74, 6) is 0.613. The Morgan fingerprint density at radius 1 is 1.35 bits per heavy atom. The second-order valence-corrected chi connectivity index (χ2v) is 4.24. The van der Waals surface area contributed by atoms with E-state index in [1.54, 1.807) is 14.0 Å². The van der Waals surface area contributed by atoms with Crippen molar-refractivity contribution in [3.8, 4) is 5.88 Å². The van der Waals surface area contributed by atoms with Crippen molar-refractivity contribution in [2.75, 3.05) is 7.11 Å². The molecule has 0 spiro atoms. The normalized spacial score (nSPS) is 10.9. The van der Waals surface area contributed by atoms with Crippen molar-refractivity contribution in [1.82, 2.24) is 9.38 Å². The van der Waals surface area contributed by atoms with Crippen LogP contribution in [0.25, 0.3) is 5.52 Å². The number of hydrogen-bond acceptors (Lipinski definition) is 3. The van der Waals surface area contributed by atoms with E-state index < -0.39 is 0 Å². The Kier molecular flexibility index (Phi) is 2.65. The number of carbonyl (C=O) groups is 1. The molecule has 0 radical (unpaired) electrons. The van der Waals surface area contributed by atoms with Crippen LogP contribution >= 0.6 is 0 Å². The molecule has 0 aliphatic carbocycles. The summed E-state index contributed by atoms with van der Waals surface area (Å²) in [7, 11) is 1.59. The summed E-state index contributed by atoms with van der Waals surface area (Å²) in [5, 5.41) is 0. The number of aromatic nitrogens is 2. The quantitative estimate of drug-likeness (QED) is 0.747. The van der Waals surface area contributed by atoms with Gasteiger partial charge in [0.1, 0.15) is 5.52 Å². The lowest BCUT2D eigenvalue weighted by molar-refractivity contribution is 0.101. The third-order valence-electron chi connectivity index (χ3n) is 3.07.